The SMILES string of the molecule is CCC(=O)N(CC#N)S(=O)(=O)CCCCCCNC(=O)C1C=CC(CN(C)C(=O)c2ccc(S(=O)(=O)N(C)c3ccccc3)cc2)=CC1. The Bertz CT molecular complexity index is 1750. The Hall–Kier alpha value is -4.48. The Morgan fingerprint density at radius 2 is 1.60 bits per heavy atom. The first-order chi connectivity index (χ1) is 22.8. The largest absolute Gasteiger partial charge is 0.356 e. The van der Waals surface area contributed by atoms with Crippen LogP contribution < -0.4 is 9.62 Å². The number of anilines is 1. The fraction of sp³-hybridized carbons (Fsp3) is 0.412. The molecular formula is C34H43N5O7S2. The number of rotatable bonds is 17. The van der Waals surface area contributed by atoms with E-state index in [9.17, 15) is 31.2 Å². The number of carbonyl (C=O) groups is 3. The molecule has 1 atom stereocenters. The lowest BCUT2D eigenvalue weighted by atomic mass is 9.95. The van der Waals surface area contributed by atoms with Gasteiger partial charge < -0.3 is 10.2 Å². The molecule has 48 heavy (non-hydrogen) atoms. The van der Waals surface area contributed by atoms with E-state index in [0.717, 1.165) is 5.57 Å². The van der Waals surface area contributed by atoms with Crippen molar-refractivity contribution in [3.8, 4) is 6.07 Å². The van der Waals surface area contributed by atoms with Crippen LogP contribution in [0.1, 0.15) is 55.8 Å². The third-order valence-electron chi connectivity index (χ3n) is 7.92. The number of unbranched alkanes of at least 4 members (excludes halogenated alkanes) is 3. The first-order valence-corrected chi connectivity index (χ1v) is 18.8. The second kappa shape index (κ2) is 17.6. The van der Waals surface area contributed by atoms with Gasteiger partial charge in [0.1, 0.15) is 6.54 Å². The molecule has 0 bridgehead atoms. The van der Waals surface area contributed by atoms with E-state index in [0.29, 0.717) is 60.7 Å². The van der Waals surface area contributed by atoms with E-state index >= 15 is 0 Å². The van der Waals surface area contributed by atoms with Gasteiger partial charge in [0.2, 0.25) is 21.8 Å². The summed E-state index contributed by atoms with van der Waals surface area (Å²) in [7, 11) is -4.49. The predicted molar refractivity (Wildman–Crippen MR) is 184 cm³/mol. The van der Waals surface area contributed by atoms with Crippen molar-refractivity contribution in [2.24, 2.45) is 5.92 Å². The number of carbonyl (C=O) groups excluding carboxylic acids is 3. The monoisotopic (exact) mass is 697 g/mol. The average molecular weight is 698 g/mol. The molecule has 0 fully saturated rings. The van der Waals surface area contributed by atoms with E-state index in [2.05, 4.69) is 5.32 Å². The number of likely N-dealkylation sites (N-methyl/N-ethyl adjacent to an activating group) is 1. The second-order valence-electron chi connectivity index (χ2n) is 11.4. The first kappa shape index (κ1) is 38.0. The standard InChI is InChI=1S/C34H43N5O7S2/c1-4-32(40)39(24-22-35)47(43,44)25-11-6-5-10-23-36-33(41)28-16-14-27(15-17-28)26-37(2)34(42)29-18-20-31(21-19-29)48(45,46)38(3)30-12-8-7-9-13-30/h7-9,12-16,18-21,28H,4-6,10-11,17,23-26H2,1-3H3,(H,36,41). The fourth-order valence-electron chi connectivity index (χ4n) is 5.04. The smallest absolute Gasteiger partial charge is 0.264 e. The minimum atomic E-state index is -3.83. The second-order valence-corrected chi connectivity index (χ2v) is 15.4. The molecule has 0 saturated carbocycles. The van der Waals surface area contributed by atoms with Gasteiger partial charge in [0, 0.05) is 39.2 Å². The molecule has 1 aliphatic carbocycles. The van der Waals surface area contributed by atoms with Crippen molar-refractivity contribution in [3.63, 3.8) is 0 Å². The highest BCUT2D eigenvalue weighted by molar-refractivity contribution is 7.92. The molecule has 3 amide bonds. The molecule has 2 aromatic carbocycles. The third-order valence-corrected chi connectivity index (χ3v) is 11.5. The van der Waals surface area contributed by atoms with Gasteiger partial charge in [0.05, 0.1) is 28.3 Å². The van der Waals surface area contributed by atoms with Gasteiger partial charge in [-0.1, -0.05) is 56.2 Å². The van der Waals surface area contributed by atoms with Crippen LogP contribution in [0.25, 0.3) is 0 Å². The predicted octanol–water partition coefficient (Wildman–Crippen LogP) is 3.85. The van der Waals surface area contributed by atoms with Crippen LogP contribution in [0, 0.1) is 17.2 Å². The lowest BCUT2D eigenvalue weighted by Crippen LogP contribution is -2.38. The molecule has 0 spiro atoms. The van der Waals surface area contributed by atoms with Crippen molar-refractivity contribution >= 4 is 43.5 Å². The quantitative estimate of drug-likeness (QED) is 0.192. The summed E-state index contributed by atoms with van der Waals surface area (Å²) in [5.41, 5.74) is 1.76. The molecule has 2 aromatic rings. The lowest BCUT2D eigenvalue weighted by Gasteiger charge is -2.22. The summed E-state index contributed by atoms with van der Waals surface area (Å²) >= 11 is 0. The van der Waals surface area contributed by atoms with Crippen LogP contribution in [0.4, 0.5) is 5.69 Å². The van der Waals surface area contributed by atoms with Crippen molar-refractivity contribution in [2.75, 3.05) is 43.8 Å². The number of sulfonamides is 2. The van der Waals surface area contributed by atoms with Gasteiger partial charge in [-0.15, -0.1) is 0 Å². The van der Waals surface area contributed by atoms with E-state index in [1.807, 2.05) is 12.2 Å². The Morgan fingerprint density at radius 3 is 2.21 bits per heavy atom. The fourth-order valence-corrected chi connectivity index (χ4v) is 7.72. The van der Waals surface area contributed by atoms with Crippen LogP contribution >= 0.6 is 0 Å². The van der Waals surface area contributed by atoms with Crippen LogP contribution in [0.3, 0.4) is 0 Å². The van der Waals surface area contributed by atoms with Crippen LogP contribution in [-0.4, -0.2) is 83.2 Å². The Morgan fingerprint density at radius 1 is 0.938 bits per heavy atom. The van der Waals surface area contributed by atoms with Crippen LogP contribution in [0.5, 0.6) is 0 Å². The summed E-state index contributed by atoms with van der Waals surface area (Å²) in [5.74, 6) is -1.53. The summed E-state index contributed by atoms with van der Waals surface area (Å²) in [6.45, 7) is 1.82. The van der Waals surface area contributed by atoms with Crippen molar-refractivity contribution in [3.05, 3.63) is 84.0 Å². The number of benzene rings is 2. The Labute approximate surface area is 283 Å². The molecule has 0 heterocycles. The molecule has 0 radical (unpaired) electrons. The summed E-state index contributed by atoms with van der Waals surface area (Å²) < 4.78 is 52.7. The molecule has 1 N–H and O–H groups in total. The van der Waals surface area contributed by atoms with E-state index < -0.39 is 32.5 Å². The Balaban J connectivity index is 1.39. The molecule has 12 nitrogen and oxygen atoms in total. The maximum atomic E-state index is 13.1. The number of nitrogens with one attached hydrogen (secondary N) is 1. The molecular weight excluding hydrogens is 655 g/mol. The van der Waals surface area contributed by atoms with E-state index in [1.165, 1.54) is 40.5 Å². The normalized spacial score (nSPS) is 14.4. The van der Waals surface area contributed by atoms with Crippen molar-refractivity contribution < 1.29 is 31.2 Å². The van der Waals surface area contributed by atoms with Crippen LogP contribution in [0.15, 0.2) is 83.3 Å². The maximum absolute atomic E-state index is 13.1. The first-order valence-electron chi connectivity index (χ1n) is 15.8. The Kier molecular flexibility index (Phi) is 13.9. The number of amides is 3. The summed E-state index contributed by atoms with van der Waals surface area (Å²) in [6, 6.07) is 16.3. The van der Waals surface area contributed by atoms with Gasteiger partial charge in [-0.25, -0.2) is 21.1 Å². The topological polar surface area (TPSA) is 165 Å². The molecule has 1 aliphatic rings. The highest BCUT2D eigenvalue weighted by atomic mass is 32.2. The van der Waals surface area contributed by atoms with Gasteiger partial charge in [-0.05, 0) is 61.2 Å². The highest BCUT2D eigenvalue weighted by Crippen LogP contribution is 2.23. The molecule has 1 unspecified atom stereocenters. The maximum Gasteiger partial charge on any atom is 0.264 e. The zero-order valence-corrected chi connectivity index (χ0v) is 29.2. The van der Waals surface area contributed by atoms with Gasteiger partial charge in [-0.3, -0.25) is 18.7 Å². The summed E-state index contributed by atoms with van der Waals surface area (Å²) in [4.78, 5) is 39.2. The average Bonchev–Trinajstić information content (AvgIpc) is 3.09. The van der Waals surface area contributed by atoms with E-state index in [-0.39, 0.29) is 34.8 Å². The van der Waals surface area contributed by atoms with Crippen molar-refractivity contribution in [2.45, 2.75) is 50.3 Å². The minimum Gasteiger partial charge on any atom is -0.356 e. The van der Waals surface area contributed by atoms with Gasteiger partial charge in [-0.2, -0.15) is 5.26 Å². The molecule has 0 aromatic heterocycles. The van der Waals surface area contributed by atoms with E-state index in [1.54, 1.807) is 56.4 Å². The summed E-state index contributed by atoms with van der Waals surface area (Å²) in [5, 5.41) is 11.7. The summed E-state index contributed by atoms with van der Waals surface area (Å²) in [6.07, 6.45) is 8.36. The third kappa shape index (κ3) is 10.3. The number of nitriles is 1. The molecule has 258 valence electrons. The molecule has 3 rings (SSSR count). The number of hydrogen-bond donors (Lipinski definition) is 1. The number of para-hydroxylation sites is 1. The molecule has 14 heteroatoms. The van der Waals surface area contributed by atoms with Gasteiger partial charge in [0.15, 0.2) is 0 Å². The van der Waals surface area contributed by atoms with E-state index in [4.69, 9.17) is 5.26 Å². The number of nitrogens with zero attached hydrogens (tertiary/aromatic N) is 4. The highest BCUT2D eigenvalue weighted by Gasteiger charge is 2.26. The van der Waals surface area contributed by atoms with Gasteiger partial charge >= 0.3 is 0 Å². The van der Waals surface area contributed by atoms with Crippen molar-refractivity contribution in [1.82, 2.24) is 14.5 Å². The zero-order valence-electron chi connectivity index (χ0n) is 27.5. The lowest BCUT2D eigenvalue weighted by molar-refractivity contribution is -0.126. The zero-order chi connectivity index (χ0) is 35.3. The van der Waals surface area contributed by atoms with Crippen molar-refractivity contribution in [1.29, 1.82) is 5.26 Å². The molecule has 0 aliphatic heterocycles. The molecule has 0 saturated heterocycles. The minimum absolute atomic E-state index is 0.00568. The van der Waals surface area contributed by atoms with Crippen LogP contribution in [0.2, 0.25) is 0 Å². The van der Waals surface area contributed by atoms with Gasteiger partial charge in [0.25, 0.3) is 15.9 Å². The van der Waals surface area contributed by atoms with Crippen LogP contribution in [-0.2, 0) is 29.6 Å². The number of allylic oxidation sites excluding steroid dienone is 1. The number of hydrogen-bond acceptors (Lipinski definition) is 8.